The van der Waals surface area contributed by atoms with Crippen LogP contribution in [0.3, 0.4) is 0 Å². The van der Waals surface area contributed by atoms with Gasteiger partial charge in [-0.25, -0.2) is 9.37 Å². The van der Waals surface area contributed by atoms with Gasteiger partial charge < -0.3 is 18.6 Å². The van der Waals surface area contributed by atoms with E-state index in [1.807, 2.05) is 51.3 Å². The van der Waals surface area contributed by atoms with Gasteiger partial charge in [-0.2, -0.15) is 8.78 Å². The van der Waals surface area contributed by atoms with Gasteiger partial charge in [-0.15, -0.1) is 0 Å². The van der Waals surface area contributed by atoms with Crippen LogP contribution < -0.4 is 10.2 Å². The lowest BCUT2D eigenvalue weighted by molar-refractivity contribution is -0.0507. The Morgan fingerprint density at radius 3 is 2.46 bits per heavy atom. The Hall–Kier alpha value is -2.89. The molecular weight excluding hydrogens is 486 g/mol. The fourth-order valence-electron chi connectivity index (χ4n) is 5.19. The molecule has 0 amide bonds. The first-order chi connectivity index (χ1) is 17.3. The molecule has 0 saturated carbocycles. The number of benzene rings is 2. The maximum atomic E-state index is 15.4. The van der Waals surface area contributed by atoms with Gasteiger partial charge in [-0.05, 0) is 60.3 Å². The van der Waals surface area contributed by atoms with Crippen molar-refractivity contribution in [2.45, 2.75) is 64.0 Å². The monoisotopic (exact) mass is 515 g/mol. The van der Waals surface area contributed by atoms with Gasteiger partial charge in [0.1, 0.15) is 17.4 Å². The van der Waals surface area contributed by atoms with Crippen LogP contribution in [0.4, 0.5) is 13.2 Å². The van der Waals surface area contributed by atoms with Crippen molar-refractivity contribution in [2.24, 2.45) is 0 Å². The minimum atomic E-state index is -3.06. The average Bonchev–Trinajstić information content (AvgIpc) is 3.40. The van der Waals surface area contributed by atoms with Crippen molar-refractivity contribution in [1.82, 2.24) is 14.5 Å². The van der Waals surface area contributed by atoms with E-state index in [4.69, 9.17) is 19.0 Å². The summed E-state index contributed by atoms with van der Waals surface area (Å²) < 4.78 is 60.9. The Morgan fingerprint density at radius 1 is 1.19 bits per heavy atom. The minimum Gasteiger partial charge on any atom is -0.434 e. The van der Waals surface area contributed by atoms with Crippen molar-refractivity contribution in [2.75, 3.05) is 14.1 Å². The molecule has 0 spiro atoms. The van der Waals surface area contributed by atoms with Crippen molar-refractivity contribution in [3.05, 3.63) is 53.1 Å². The summed E-state index contributed by atoms with van der Waals surface area (Å²) in [6, 6.07) is 6.71. The molecule has 2 atom stereocenters. The van der Waals surface area contributed by atoms with Crippen molar-refractivity contribution in [3.8, 4) is 5.75 Å². The van der Waals surface area contributed by atoms with Crippen LogP contribution in [-0.2, 0) is 9.31 Å². The molecule has 1 aromatic heterocycles. The maximum absolute atomic E-state index is 15.4. The van der Waals surface area contributed by atoms with Crippen LogP contribution in [0.5, 0.6) is 5.75 Å². The Balaban J connectivity index is 1.71. The van der Waals surface area contributed by atoms with E-state index in [-0.39, 0.29) is 22.8 Å². The summed E-state index contributed by atoms with van der Waals surface area (Å²) in [6.45, 7) is 4.49. The summed E-state index contributed by atoms with van der Waals surface area (Å²) in [5.41, 5.74) is 0.452. The maximum Gasteiger partial charge on any atom is 0.497 e. The number of halogens is 3. The Labute approximate surface area is 213 Å². The van der Waals surface area contributed by atoms with Crippen LogP contribution in [0.2, 0.25) is 0 Å². The molecule has 2 aliphatic rings. The number of hydrogen-bond acceptors (Lipinski definition) is 6. The summed E-state index contributed by atoms with van der Waals surface area (Å²) in [5.74, 6) is 0.0417. The second-order valence-electron chi connectivity index (χ2n) is 10.8. The molecule has 0 radical (unpaired) electrons. The van der Waals surface area contributed by atoms with Crippen LogP contribution >= 0.6 is 0 Å². The Morgan fingerprint density at radius 2 is 1.86 bits per heavy atom. The average molecular weight is 515 g/mol. The van der Waals surface area contributed by atoms with Gasteiger partial charge in [-0.3, -0.25) is 9.69 Å². The first-order valence-corrected chi connectivity index (χ1v) is 12.1. The molecule has 1 saturated heterocycles. The number of aromatic nitrogens is 2. The molecule has 2 aliphatic heterocycles. The highest BCUT2D eigenvalue weighted by atomic mass is 19.3. The van der Waals surface area contributed by atoms with E-state index in [2.05, 4.69) is 0 Å². The molecule has 0 N–H and O–H groups in total. The fraction of sp³-hybridized carbons (Fsp3) is 0.462. The van der Waals surface area contributed by atoms with Gasteiger partial charge in [0.2, 0.25) is 0 Å². The van der Waals surface area contributed by atoms with E-state index in [9.17, 15) is 13.6 Å². The number of nitrogens with zero attached hydrogens (tertiary/aromatic N) is 3. The van der Waals surface area contributed by atoms with Crippen LogP contribution in [0, 0.1) is 5.82 Å². The molecule has 0 bridgehead atoms. The normalized spacial score (nSPS) is 22.3. The third-order valence-corrected chi connectivity index (χ3v) is 7.80. The number of carbonyl (C=O) groups is 1. The molecule has 7 nitrogen and oxygen atoms in total. The molecular formula is C26H29BF3N3O4. The molecule has 3 heterocycles. The molecule has 1 fully saturated rings. The van der Waals surface area contributed by atoms with Crippen molar-refractivity contribution in [3.63, 3.8) is 0 Å². The van der Waals surface area contributed by atoms with Gasteiger partial charge in [0.05, 0.1) is 34.3 Å². The Kier molecular flexibility index (Phi) is 6.16. The van der Waals surface area contributed by atoms with Crippen molar-refractivity contribution >= 4 is 29.9 Å². The number of hydrogen-bond donors (Lipinski definition) is 0. The number of carbonyl (C=O) groups excluding carboxylic acids is 1. The van der Waals surface area contributed by atoms with Crippen LogP contribution in [0.15, 0.2) is 30.3 Å². The van der Waals surface area contributed by atoms with Crippen molar-refractivity contribution in [1.29, 1.82) is 0 Å². The molecule has 37 heavy (non-hydrogen) atoms. The molecule has 3 aromatic rings. The van der Waals surface area contributed by atoms with Gasteiger partial charge >= 0.3 is 13.7 Å². The zero-order valence-electron chi connectivity index (χ0n) is 21.6. The van der Waals surface area contributed by atoms with Crippen LogP contribution in [0.1, 0.15) is 67.9 Å². The highest BCUT2D eigenvalue weighted by Gasteiger charge is 2.52. The van der Waals surface area contributed by atoms with E-state index < -0.39 is 36.8 Å². The summed E-state index contributed by atoms with van der Waals surface area (Å²) in [6.07, 6.45) is 1.09. The topological polar surface area (TPSA) is 65.8 Å². The zero-order valence-corrected chi connectivity index (χ0v) is 21.6. The smallest absolute Gasteiger partial charge is 0.434 e. The number of fused-ring (bicyclic) bond motifs is 3. The van der Waals surface area contributed by atoms with Crippen LogP contribution in [-0.4, -0.2) is 59.8 Å². The van der Waals surface area contributed by atoms with Gasteiger partial charge in [0.15, 0.2) is 6.29 Å². The van der Waals surface area contributed by atoms with Gasteiger partial charge in [0.25, 0.3) is 0 Å². The first-order valence-electron chi connectivity index (χ1n) is 12.1. The van der Waals surface area contributed by atoms with Crippen molar-refractivity contribution < 1.29 is 32.0 Å². The minimum absolute atomic E-state index is 0.0786. The van der Waals surface area contributed by atoms with E-state index in [0.29, 0.717) is 35.1 Å². The summed E-state index contributed by atoms with van der Waals surface area (Å²) in [4.78, 5) is 18.7. The zero-order chi connectivity index (χ0) is 26.9. The first kappa shape index (κ1) is 25.8. The molecule has 1 unspecified atom stereocenters. The summed E-state index contributed by atoms with van der Waals surface area (Å²) in [5, 5.41) is 0. The molecule has 5 rings (SSSR count). The van der Waals surface area contributed by atoms with E-state index >= 15 is 4.39 Å². The standard InChI is InChI=1S/C26H29BF3N3O4/c1-25(2)26(3,4)37-27(36-25)15-10-18-17(11-16(15)28)31-23-20(32(5)6)12-19(33(18)23)22-14(13-34)8-7-9-21(22)35-24(29)30/h7-11,13,19-20,24H,12H2,1-6H3/t19-,20?/m1/s1. The quantitative estimate of drug-likeness (QED) is 0.356. The summed E-state index contributed by atoms with van der Waals surface area (Å²) in [7, 11) is 2.83. The SMILES string of the molecule is CN(C)C1C[C@H](c2c(C=O)cccc2OC(F)F)n2c1nc1cc(F)c(B3OC(C)(C)C(C)(C)O3)cc12. The predicted octanol–water partition coefficient (Wildman–Crippen LogP) is 4.48. The number of rotatable bonds is 6. The lowest BCUT2D eigenvalue weighted by atomic mass is 9.78. The number of aldehydes is 1. The molecule has 2 aromatic carbocycles. The van der Waals surface area contributed by atoms with Gasteiger partial charge in [0, 0.05) is 22.7 Å². The Bertz CT molecular complexity index is 1360. The second kappa shape index (κ2) is 8.85. The number of alkyl halides is 2. The molecule has 196 valence electrons. The summed E-state index contributed by atoms with van der Waals surface area (Å²) >= 11 is 0. The predicted molar refractivity (Wildman–Crippen MR) is 133 cm³/mol. The number of ether oxygens (including phenoxy) is 1. The lowest BCUT2D eigenvalue weighted by Crippen LogP contribution is -2.41. The highest BCUT2D eigenvalue weighted by Crippen LogP contribution is 2.47. The number of imidazole rings is 1. The fourth-order valence-corrected chi connectivity index (χ4v) is 5.19. The van der Waals surface area contributed by atoms with E-state index in [1.54, 1.807) is 12.1 Å². The molecule has 0 aliphatic carbocycles. The van der Waals surface area contributed by atoms with Crippen LogP contribution in [0.25, 0.3) is 11.0 Å². The van der Waals surface area contributed by atoms with E-state index in [0.717, 1.165) is 0 Å². The third-order valence-electron chi connectivity index (χ3n) is 7.80. The highest BCUT2D eigenvalue weighted by molar-refractivity contribution is 6.62. The third kappa shape index (κ3) is 4.13. The lowest BCUT2D eigenvalue weighted by Gasteiger charge is -2.32. The van der Waals surface area contributed by atoms with Gasteiger partial charge in [-0.1, -0.05) is 12.1 Å². The largest absolute Gasteiger partial charge is 0.497 e. The van der Waals surface area contributed by atoms with E-state index in [1.165, 1.54) is 18.2 Å². The molecule has 11 heteroatoms. The second-order valence-corrected chi connectivity index (χ2v) is 10.8.